The lowest BCUT2D eigenvalue weighted by Crippen LogP contribution is -2.23. The molecule has 1 atom stereocenters. The number of aromatic nitrogens is 2. The van der Waals surface area contributed by atoms with Crippen LogP contribution < -0.4 is 9.47 Å². The molecule has 0 unspecified atom stereocenters. The Kier molecular flexibility index (Phi) is 5.36. The van der Waals surface area contributed by atoms with Crippen molar-refractivity contribution >= 4 is 0 Å². The summed E-state index contributed by atoms with van der Waals surface area (Å²) in [6.45, 7) is 3.57. The first-order valence-corrected chi connectivity index (χ1v) is 9.86. The van der Waals surface area contributed by atoms with Gasteiger partial charge in [0.25, 0.3) is 0 Å². The summed E-state index contributed by atoms with van der Waals surface area (Å²) >= 11 is 0. The largest absolute Gasteiger partial charge is 0.497 e. The van der Waals surface area contributed by atoms with Crippen LogP contribution in [-0.2, 0) is 19.6 Å². The highest BCUT2D eigenvalue weighted by Crippen LogP contribution is 2.37. The van der Waals surface area contributed by atoms with Crippen molar-refractivity contribution in [1.29, 1.82) is 0 Å². The van der Waals surface area contributed by atoms with E-state index in [0.717, 1.165) is 68.2 Å². The van der Waals surface area contributed by atoms with Crippen molar-refractivity contribution in [3.05, 3.63) is 41.2 Å². The van der Waals surface area contributed by atoms with Crippen molar-refractivity contribution in [2.75, 3.05) is 20.8 Å². The molecule has 2 aromatic rings. The van der Waals surface area contributed by atoms with E-state index in [2.05, 4.69) is 21.7 Å². The molecule has 146 valence electrons. The molecule has 1 saturated carbocycles. The topological polar surface area (TPSA) is 59.8 Å². The molecule has 2 heterocycles. The van der Waals surface area contributed by atoms with E-state index in [0.29, 0.717) is 5.92 Å². The summed E-state index contributed by atoms with van der Waals surface area (Å²) in [5, 5.41) is 15.3. The zero-order valence-electron chi connectivity index (χ0n) is 16.2. The summed E-state index contributed by atoms with van der Waals surface area (Å²) in [6.07, 6.45) is 4.10. The van der Waals surface area contributed by atoms with Crippen LogP contribution in [0.3, 0.4) is 0 Å². The molecule has 0 amide bonds. The van der Waals surface area contributed by atoms with Crippen LogP contribution in [0.15, 0.2) is 24.3 Å². The highest BCUT2D eigenvalue weighted by molar-refractivity contribution is 5.40. The molecule has 6 nitrogen and oxygen atoms in total. The number of hydrogen-bond donors (Lipinski definition) is 1. The van der Waals surface area contributed by atoms with E-state index in [1.807, 2.05) is 12.1 Å². The van der Waals surface area contributed by atoms with Crippen LogP contribution in [0.4, 0.5) is 0 Å². The van der Waals surface area contributed by atoms with Crippen molar-refractivity contribution < 1.29 is 14.6 Å². The standard InChI is InChI=1S/C21H29N3O3/c1-26-18-8-7-16(20(12-18)27-2)13-23-9-4-10-24-17(14-23)11-19(22-24)21(25)15-5-3-6-15/h7-8,11-12,15,21,25H,3-6,9-10,13-14H2,1-2H3/t21-/m1/s1. The maximum atomic E-state index is 10.6. The molecular weight excluding hydrogens is 342 g/mol. The zero-order chi connectivity index (χ0) is 18.8. The average molecular weight is 371 g/mol. The number of benzene rings is 1. The van der Waals surface area contributed by atoms with Gasteiger partial charge in [-0.3, -0.25) is 9.58 Å². The first kappa shape index (κ1) is 18.3. The lowest BCUT2D eigenvalue weighted by Gasteiger charge is -2.29. The highest BCUT2D eigenvalue weighted by Gasteiger charge is 2.29. The predicted octanol–water partition coefficient (Wildman–Crippen LogP) is 3.14. The summed E-state index contributed by atoms with van der Waals surface area (Å²) < 4.78 is 12.9. The summed E-state index contributed by atoms with van der Waals surface area (Å²) in [7, 11) is 3.36. The van der Waals surface area contributed by atoms with Crippen LogP contribution in [0, 0.1) is 5.92 Å². The number of fused-ring (bicyclic) bond motifs is 1. The van der Waals surface area contributed by atoms with E-state index in [1.165, 1.54) is 12.1 Å². The van der Waals surface area contributed by atoms with Gasteiger partial charge in [0.15, 0.2) is 0 Å². The van der Waals surface area contributed by atoms with E-state index in [-0.39, 0.29) is 0 Å². The van der Waals surface area contributed by atoms with Gasteiger partial charge in [0.05, 0.1) is 25.6 Å². The lowest BCUT2D eigenvalue weighted by molar-refractivity contribution is 0.0581. The molecule has 0 saturated heterocycles. The number of ether oxygens (including phenoxy) is 2. The molecule has 1 aromatic heterocycles. The van der Waals surface area contributed by atoms with E-state index in [1.54, 1.807) is 14.2 Å². The van der Waals surface area contributed by atoms with Gasteiger partial charge in [0.1, 0.15) is 17.6 Å². The number of aliphatic hydroxyl groups excluding tert-OH is 1. The summed E-state index contributed by atoms with van der Waals surface area (Å²) in [6, 6.07) is 8.09. The Labute approximate surface area is 160 Å². The van der Waals surface area contributed by atoms with Crippen LogP contribution >= 0.6 is 0 Å². The Morgan fingerprint density at radius 1 is 1.15 bits per heavy atom. The molecule has 6 heteroatoms. The van der Waals surface area contributed by atoms with Gasteiger partial charge in [0.2, 0.25) is 0 Å². The predicted molar refractivity (Wildman–Crippen MR) is 103 cm³/mol. The van der Waals surface area contributed by atoms with E-state index < -0.39 is 6.10 Å². The quantitative estimate of drug-likeness (QED) is 0.845. The average Bonchev–Trinajstić information content (AvgIpc) is 2.94. The Morgan fingerprint density at radius 3 is 2.70 bits per heavy atom. The normalized spacial score (nSPS) is 19.1. The van der Waals surface area contributed by atoms with Crippen molar-refractivity contribution in [2.45, 2.75) is 51.4 Å². The number of aliphatic hydroxyl groups is 1. The van der Waals surface area contributed by atoms with Crippen LogP contribution in [0.25, 0.3) is 0 Å². The molecule has 0 spiro atoms. The van der Waals surface area contributed by atoms with Gasteiger partial charge < -0.3 is 14.6 Å². The minimum Gasteiger partial charge on any atom is -0.497 e. The first-order valence-electron chi connectivity index (χ1n) is 9.86. The monoisotopic (exact) mass is 371 g/mol. The molecule has 1 aliphatic heterocycles. The fraction of sp³-hybridized carbons (Fsp3) is 0.571. The maximum absolute atomic E-state index is 10.6. The highest BCUT2D eigenvalue weighted by atomic mass is 16.5. The van der Waals surface area contributed by atoms with Crippen LogP contribution in [0.5, 0.6) is 11.5 Å². The van der Waals surface area contributed by atoms with Gasteiger partial charge >= 0.3 is 0 Å². The fourth-order valence-corrected chi connectivity index (χ4v) is 4.05. The van der Waals surface area contributed by atoms with Crippen LogP contribution in [0.2, 0.25) is 0 Å². The van der Waals surface area contributed by atoms with E-state index in [4.69, 9.17) is 14.6 Å². The molecule has 0 bridgehead atoms. The molecule has 1 fully saturated rings. The van der Waals surface area contributed by atoms with Gasteiger partial charge in [-0.05, 0) is 37.3 Å². The molecule has 27 heavy (non-hydrogen) atoms. The van der Waals surface area contributed by atoms with Crippen molar-refractivity contribution in [1.82, 2.24) is 14.7 Å². The Balaban J connectivity index is 1.49. The third kappa shape index (κ3) is 3.82. The number of nitrogens with zero attached hydrogens (tertiary/aromatic N) is 3. The zero-order valence-corrected chi connectivity index (χ0v) is 16.2. The van der Waals surface area contributed by atoms with Gasteiger partial charge in [-0.2, -0.15) is 5.10 Å². The molecule has 2 aliphatic rings. The Bertz CT molecular complexity index is 785. The van der Waals surface area contributed by atoms with E-state index >= 15 is 0 Å². The molecule has 1 N–H and O–H groups in total. The third-order valence-electron chi connectivity index (χ3n) is 5.90. The number of rotatable bonds is 6. The number of methoxy groups -OCH3 is 2. The summed E-state index contributed by atoms with van der Waals surface area (Å²) in [5.74, 6) is 2.05. The Morgan fingerprint density at radius 2 is 2.00 bits per heavy atom. The molecule has 0 radical (unpaired) electrons. The van der Waals surface area contributed by atoms with Gasteiger partial charge in [-0.1, -0.05) is 12.5 Å². The van der Waals surface area contributed by atoms with Crippen molar-refractivity contribution in [3.8, 4) is 11.5 Å². The second kappa shape index (κ2) is 7.90. The second-order valence-electron chi connectivity index (χ2n) is 7.66. The smallest absolute Gasteiger partial charge is 0.127 e. The molecule has 1 aromatic carbocycles. The molecular formula is C21H29N3O3. The maximum Gasteiger partial charge on any atom is 0.127 e. The number of aryl methyl sites for hydroxylation is 1. The van der Waals surface area contributed by atoms with Crippen molar-refractivity contribution in [3.63, 3.8) is 0 Å². The third-order valence-corrected chi connectivity index (χ3v) is 5.90. The summed E-state index contributed by atoms with van der Waals surface area (Å²) in [4.78, 5) is 2.42. The van der Waals surface area contributed by atoms with Gasteiger partial charge in [-0.15, -0.1) is 0 Å². The fourth-order valence-electron chi connectivity index (χ4n) is 4.05. The minimum atomic E-state index is -0.409. The SMILES string of the molecule is COc1ccc(CN2CCCn3nc([C@H](O)C4CCC4)cc3C2)c(OC)c1. The minimum absolute atomic E-state index is 0.392. The lowest BCUT2D eigenvalue weighted by atomic mass is 9.80. The van der Waals surface area contributed by atoms with E-state index in [9.17, 15) is 5.11 Å². The second-order valence-corrected chi connectivity index (χ2v) is 7.66. The molecule has 1 aliphatic carbocycles. The Hall–Kier alpha value is -2.05. The molecule has 4 rings (SSSR count). The van der Waals surface area contributed by atoms with Crippen LogP contribution in [-0.4, -0.2) is 40.6 Å². The number of hydrogen-bond acceptors (Lipinski definition) is 5. The van der Waals surface area contributed by atoms with Gasteiger partial charge in [0, 0.05) is 37.8 Å². The van der Waals surface area contributed by atoms with Crippen LogP contribution in [0.1, 0.15) is 48.7 Å². The first-order chi connectivity index (χ1) is 13.2. The van der Waals surface area contributed by atoms with Crippen molar-refractivity contribution in [2.24, 2.45) is 5.92 Å². The van der Waals surface area contributed by atoms with Gasteiger partial charge in [-0.25, -0.2) is 0 Å². The summed E-state index contributed by atoms with van der Waals surface area (Å²) in [5.41, 5.74) is 3.19.